The van der Waals surface area contributed by atoms with Crippen LogP contribution in [0.5, 0.6) is 5.75 Å². The Morgan fingerprint density at radius 1 is 1.33 bits per heavy atom. The number of ether oxygens (including phenoxy) is 1. The summed E-state index contributed by atoms with van der Waals surface area (Å²) in [6.45, 7) is 7.21. The van der Waals surface area contributed by atoms with Gasteiger partial charge in [0, 0.05) is 18.3 Å². The highest BCUT2D eigenvalue weighted by Gasteiger charge is 2.06. The number of benzene rings is 1. The Bertz CT molecular complexity index is 369. The lowest BCUT2D eigenvalue weighted by Gasteiger charge is -2.16. The Balaban J connectivity index is 2.61. The number of nitrogens with one attached hydrogen (secondary N) is 1. The first kappa shape index (κ1) is 15.0. The van der Waals surface area contributed by atoms with Crippen LogP contribution in [0.15, 0.2) is 18.2 Å². The molecule has 1 aromatic carbocycles. The Hall–Kier alpha value is -1.03. The van der Waals surface area contributed by atoms with Gasteiger partial charge in [-0.15, -0.1) is 0 Å². The normalized spacial score (nSPS) is 12.5. The Kier molecular flexibility index (Phi) is 6.19. The summed E-state index contributed by atoms with van der Waals surface area (Å²) in [5.74, 6) is 2.57. The third kappa shape index (κ3) is 5.08. The summed E-state index contributed by atoms with van der Waals surface area (Å²) in [7, 11) is 0. The lowest BCUT2D eigenvalue weighted by molar-refractivity contribution is 0.244. The number of rotatable bonds is 7. The molecule has 102 valence electrons. The molecule has 1 rings (SSSR count). The molecule has 18 heavy (non-hydrogen) atoms. The number of hydrogen-bond donors (Lipinski definition) is 2. The van der Waals surface area contributed by atoms with Crippen LogP contribution in [-0.4, -0.2) is 24.7 Å². The zero-order valence-corrected chi connectivity index (χ0v) is 12.5. The fourth-order valence-corrected chi connectivity index (χ4v) is 2.32. The van der Waals surface area contributed by atoms with E-state index in [4.69, 9.17) is 10.5 Å². The van der Waals surface area contributed by atoms with Crippen molar-refractivity contribution in [3.63, 3.8) is 0 Å². The minimum Gasteiger partial charge on any atom is -0.489 e. The van der Waals surface area contributed by atoms with Crippen LogP contribution in [0.2, 0.25) is 0 Å². The van der Waals surface area contributed by atoms with Gasteiger partial charge in [0.15, 0.2) is 0 Å². The van der Waals surface area contributed by atoms with E-state index < -0.39 is 0 Å². The summed E-state index contributed by atoms with van der Waals surface area (Å²) in [4.78, 5) is 0. The van der Waals surface area contributed by atoms with Gasteiger partial charge < -0.3 is 15.8 Å². The van der Waals surface area contributed by atoms with Crippen LogP contribution < -0.4 is 15.8 Å². The van der Waals surface area contributed by atoms with E-state index in [9.17, 15) is 0 Å². The molecule has 3 nitrogen and oxygen atoms in total. The van der Waals surface area contributed by atoms with E-state index in [0.29, 0.717) is 11.6 Å². The zero-order valence-electron chi connectivity index (χ0n) is 11.7. The molecule has 3 N–H and O–H groups in total. The molecule has 0 fully saturated rings. The van der Waals surface area contributed by atoms with E-state index >= 15 is 0 Å². The summed E-state index contributed by atoms with van der Waals surface area (Å²) in [5.41, 5.74) is 7.63. The molecular weight excluding hydrogens is 244 g/mol. The number of anilines is 2. The molecule has 0 amide bonds. The van der Waals surface area contributed by atoms with Gasteiger partial charge in [-0.25, -0.2) is 0 Å². The van der Waals surface area contributed by atoms with Gasteiger partial charge in [0.2, 0.25) is 0 Å². The molecule has 0 spiro atoms. The molecule has 0 bridgehead atoms. The highest BCUT2D eigenvalue weighted by atomic mass is 32.2. The average Bonchev–Trinajstić information content (AvgIpc) is 2.30. The molecule has 0 aromatic heterocycles. The summed E-state index contributed by atoms with van der Waals surface area (Å²) in [6, 6.07) is 5.86. The van der Waals surface area contributed by atoms with Gasteiger partial charge >= 0.3 is 0 Å². The standard InChI is InChI=1S/C14H24N2OS/c1-10(2)17-14-7-12(5-6-13(14)15)16-8-11(3)9-18-4/h5-7,10-11,16H,8-9,15H2,1-4H3. The maximum Gasteiger partial charge on any atom is 0.144 e. The van der Waals surface area contributed by atoms with Crippen molar-refractivity contribution in [2.24, 2.45) is 5.92 Å². The van der Waals surface area contributed by atoms with Gasteiger partial charge in [0.25, 0.3) is 0 Å². The topological polar surface area (TPSA) is 47.3 Å². The summed E-state index contributed by atoms with van der Waals surface area (Å²) in [5, 5.41) is 3.42. The lowest BCUT2D eigenvalue weighted by Crippen LogP contribution is -2.13. The van der Waals surface area contributed by atoms with Crippen LogP contribution in [0, 0.1) is 5.92 Å². The zero-order chi connectivity index (χ0) is 13.5. The molecule has 0 aliphatic carbocycles. The molecule has 0 aliphatic heterocycles. The van der Waals surface area contributed by atoms with Crippen molar-refractivity contribution in [2.75, 3.05) is 29.6 Å². The molecule has 1 atom stereocenters. The summed E-state index contributed by atoms with van der Waals surface area (Å²) < 4.78 is 5.67. The van der Waals surface area contributed by atoms with Gasteiger partial charge in [-0.3, -0.25) is 0 Å². The SMILES string of the molecule is CSCC(C)CNc1ccc(N)c(OC(C)C)c1. The van der Waals surface area contributed by atoms with E-state index in [1.165, 1.54) is 0 Å². The van der Waals surface area contributed by atoms with Crippen molar-refractivity contribution >= 4 is 23.1 Å². The van der Waals surface area contributed by atoms with E-state index in [1.54, 1.807) is 0 Å². The van der Waals surface area contributed by atoms with Gasteiger partial charge in [-0.2, -0.15) is 11.8 Å². The highest BCUT2D eigenvalue weighted by Crippen LogP contribution is 2.26. The van der Waals surface area contributed by atoms with Gasteiger partial charge in [0.05, 0.1) is 11.8 Å². The van der Waals surface area contributed by atoms with E-state index in [1.807, 2.05) is 43.8 Å². The summed E-state index contributed by atoms with van der Waals surface area (Å²) >= 11 is 1.87. The van der Waals surface area contributed by atoms with Gasteiger partial charge in [0.1, 0.15) is 5.75 Å². The first-order valence-electron chi connectivity index (χ1n) is 6.32. The third-order valence-corrected chi connectivity index (χ3v) is 3.38. The van der Waals surface area contributed by atoms with E-state index in [-0.39, 0.29) is 6.10 Å². The van der Waals surface area contributed by atoms with Crippen LogP contribution in [0.4, 0.5) is 11.4 Å². The Morgan fingerprint density at radius 3 is 2.67 bits per heavy atom. The van der Waals surface area contributed by atoms with Crippen molar-refractivity contribution in [1.29, 1.82) is 0 Å². The van der Waals surface area contributed by atoms with E-state index in [0.717, 1.165) is 23.7 Å². The number of thioether (sulfide) groups is 1. The lowest BCUT2D eigenvalue weighted by atomic mass is 10.2. The maximum atomic E-state index is 5.89. The second-order valence-electron chi connectivity index (χ2n) is 4.86. The molecule has 0 aliphatic rings. The summed E-state index contributed by atoms with van der Waals surface area (Å²) in [6.07, 6.45) is 2.27. The monoisotopic (exact) mass is 268 g/mol. The fourth-order valence-electron chi connectivity index (χ4n) is 1.64. The first-order chi connectivity index (χ1) is 8.52. The molecule has 1 unspecified atom stereocenters. The highest BCUT2D eigenvalue weighted by molar-refractivity contribution is 7.98. The smallest absolute Gasteiger partial charge is 0.144 e. The minimum atomic E-state index is 0.137. The molecular formula is C14H24N2OS. The average molecular weight is 268 g/mol. The minimum absolute atomic E-state index is 0.137. The second-order valence-corrected chi connectivity index (χ2v) is 5.77. The number of hydrogen-bond acceptors (Lipinski definition) is 4. The fraction of sp³-hybridized carbons (Fsp3) is 0.571. The molecule has 4 heteroatoms. The van der Waals surface area contributed by atoms with Crippen molar-refractivity contribution in [3.8, 4) is 5.75 Å². The van der Waals surface area contributed by atoms with Crippen LogP contribution >= 0.6 is 11.8 Å². The quantitative estimate of drug-likeness (QED) is 0.743. The van der Waals surface area contributed by atoms with Crippen LogP contribution in [0.25, 0.3) is 0 Å². The second kappa shape index (κ2) is 7.41. The first-order valence-corrected chi connectivity index (χ1v) is 7.71. The number of nitrogens with two attached hydrogens (primary N) is 1. The van der Waals surface area contributed by atoms with Crippen molar-refractivity contribution in [3.05, 3.63) is 18.2 Å². The Labute approximate surface area is 114 Å². The van der Waals surface area contributed by atoms with E-state index in [2.05, 4.69) is 18.5 Å². The predicted molar refractivity (Wildman–Crippen MR) is 82.7 cm³/mol. The molecule has 0 heterocycles. The molecule has 0 radical (unpaired) electrons. The van der Waals surface area contributed by atoms with Gasteiger partial charge in [-0.1, -0.05) is 6.92 Å². The Morgan fingerprint density at radius 2 is 2.06 bits per heavy atom. The molecule has 1 aromatic rings. The van der Waals surface area contributed by atoms with Crippen LogP contribution in [-0.2, 0) is 0 Å². The molecule has 0 saturated carbocycles. The molecule has 0 saturated heterocycles. The van der Waals surface area contributed by atoms with Gasteiger partial charge in [-0.05, 0) is 43.9 Å². The maximum absolute atomic E-state index is 5.89. The van der Waals surface area contributed by atoms with Crippen molar-refractivity contribution in [1.82, 2.24) is 0 Å². The predicted octanol–water partition coefficient (Wildman–Crippen LogP) is 3.47. The number of nitrogen functional groups attached to an aromatic ring is 1. The third-order valence-electron chi connectivity index (χ3n) is 2.48. The van der Waals surface area contributed by atoms with Crippen LogP contribution in [0.1, 0.15) is 20.8 Å². The van der Waals surface area contributed by atoms with Crippen molar-refractivity contribution in [2.45, 2.75) is 26.9 Å². The largest absolute Gasteiger partial charge is 0.489 e. The van der Waals surface area contributed by atoms with Crippen LogP contribution in [0.3, 0.4) is 0 Å². The van der Waals surface area contributed by atoms with Crippen molar-refractivity contribution < 1.29 is 4.74 Å².